The Morgan fingerprint density at radius 2 is 2.18 bits per heavy atom. The van der Waals surface area contributed by atoms with Crippen LogP contribution in [-0.4, -0.2) is 16.9 Å². The molecule has 0 saturated heterocycles. The Bertz CT molecular complexity index is 359. The Labute approximate surface area is 116 Å². The quantitative estimate of drug-likeness (QED) is 0.856. The molecule has 17 heavy (non-hydrogen) atoms. The Hall–Kier alpha value is -0.120. The van der Waals surface area contributed by atoms with Gasteiger partial charge in [-0.1, -0.05) is 12.8 Å². The second kappa shape index (κ2) is 6.72. The fraction of sp³-hybridized carbons (Fsp3) is 0.615. The van der Waals surface area contributed by atoms with E-state index in [1.165, 1.54) is 31.2 Å². The van der Waals surface area contributed by atoms with Crippen molar-refractivity contribution in [1.29, 1.82) is 0 Å². The largest absolute Gasteiger partial charge is 0.312 e. The van der Waals surface area contributed by atoms with Crippen molar-refractivity contribution in [1.82, 2.24) is 10.3 Å². The molecule has 1 heterocycles. The van der Waals surface area contributed by atoms with Crippen molar-refractivity contribution in [2.45, 2.75) is 37.6 Å². The Morgan fingerprint density at radius 3 is 2.94 bits per heavy atom. The summed E-state index contributed by atoms with van der Waals surface area (Å²) in [5.74, 6) is 0.630. The molecule has 0 amide bonds. The summed E-state index contributed by atoms with van der Waals surface area (Å²) in [4.78, 5) is 4.15. The van der Waals surface area contributed by atoms with Crippen LogP contribution >= 0.6 is 27.5 Å². The zero-order chi connectivity index (χ0) is 12.1. The number of pyridine rings is 1. The minimum Gasteiger partial charge on any atom is -0.312 e. The molecule has 1 aliphatic carbocycles. The number of alkyl halides is 1. The van der Waals surface area contributed by atoms with E-state index in [2.05, 4.69) is 32.3 Å². The van der Waals surface area contributed by atoms with Crippen LogP contribution in [0.5, 0.6) is 0 Å². The van der Waals surface area contributed by atoms with E-state index in [1.54, 1.807) is 6.20 Å². The molecule has 2 atom stereocenters. The smallest absolute Gasteiger partial charge is 0.0410 e. The maximum absolute atomic E-state index is 6.33. The number of hydrogen-bond donors (Lipinski definition) is 1. The van der Waals surface area contributed by atoms with Gasteiger partial charge in [-0.05, 0) is 52.9 Å². The maximum Gasteiger partial charge on any atom is 0.0410 e. The zero-order valence-corrected chi connectivity index (χ0v) is 12.2. The molecule has 1 N–H and O–H groups in total. The van der Waals surface area contributed by atoms with Gasteiger partial charge in [-0.3, -0.25) is 4.98 Å². The molecule has 0 aromatic carbocycles. The van der Waals surface area contributed by atoms with E-state index in [1.807, 2.05) is 6.20 Å². The Balaban J connectivity index is 1.75. The van der Waals surface area contributed by atoms with E-state index in [0.717, 1.165) is 17.6 Å². The summed E-state index contributed by atoms with van der Waals surface area (Å²) >= 11 is 9.76. The lowest BCUT2D eigenvalue weighted by Gasteiger charge is -2.27. The van der Waals surface area contributed by atoms with E-state index >= 15 is 0 Å². The topological polar surface area (TPSA) is 24.9 Å². The van der Waals surface area contributed by atoms with Crippen LogP contribution in [0.15, 0.2) is 22.9 Å². The maximum atomic E-state index is 6.33. The molecule has 4 heteroatoms. The minimum absolute atomic E-state index is 0.358. The molecule has 0 aliphatic heterocycles. The molecule has 1 fully saturated rings. The van der Waals surface area contributed by atoms with Crippen LogP contribution in [0.3, 0.4) is 0 Å². The van der Waals surface area contributed by atoms with Gasteiger partial charge in [0.1, 0.15) is 0 Å². The molecule has 0 spiro atoms. The van der Waals surface area contributed by atoms with Gasteiger partial charge in [0.2, 0.25) is 0 Å². The molecule has 0 bridgehead atoms. The summed E-state index contributed by atoms with van der Waals surface area (Å²) in [7, 11) is 0. The van der Waals surface area contributed by atoms with Crippen LogP contribution in [0.4, 0.5) is 0 Å². The van der Waals surface area contributed by atoms with Gasteiger partial charge in [-0.25, -0.2) is 0 Å². The van der Waals surface area contributed by atoms with Gasteiger partial charge < -0.3 is 5.32 Å². The van der Waals surface area contributed by atoms with Gasteiger partial charge in [0.25, 0.3) is 0 Å². The third kappa shape index (κ3) is 4.23. The van der Waals surface area contributed by atoms with E-state index in [4.69, 9.17) is 11.6 Å². The highest BCUT2D eigenvalue weighted by Crippen LogP contribution is 2.28. The van der Waals surface area contributed by atoms with Crippen molar-refractivity contribution in [3.8, 4) is 0 Å². The van der Waals surface area contributed by atoms with Gasteiger partial charge in [-0.15, -0.1) is 11.6 Å². The minimum atomic E-state index is 0.358. The first kappa shape index (κ1) is 13.3. The average Bonchev–Trinajstić information content (AvgIpc) is 2.32. The number of nitrogens with one attached hydrogen (secondary N) is 1. The van der Waals surface area contributed by atoms with Gasteiger partial charge in [0.15, 0.2) is 0 Å². The third-order valence-corrected chi connectivity index (χ3v) is 4.32. The lowest BCUT2D eigenvalue weighted by Crippen LogP contribution is -2.30. The van der Waals surface area contributed by atoms with Gasteiger partial charge in [-0.2, -0.15) is 0 Å². The number of hydrogen-bond acceptors (Lipinski definition) is 2. The summed E-state index contributed by atoms with van der Waals surface area (Å²) in [6.07, 6.45) is 8.76. The summed E-state index contributed by atoms with van der Waals surface area (Å²) < 4.78 is 1.03. The van der Waals surface area contributed by atoms with E-state index in [9.17, 15) is 0 Å². The Kier molecular flexibility index (Phi) is 5.26. The second-order valence-corrected chi connectivity index (χ2v) is 6.18. The molecular weight excluding hydrogens is 300 g/mol. The first-order valence-corrected chi connectivity index (χ1v) is 7.43. The van der Waals surface area contributed by atoms with Crippen molar-refractivity contribution in [3.05, 3.63) is 28.5 Å². The van der Waals surface area contributed by atoms with Gasteiger partial charge in [0, 0.05) is 28.8 Å². The second-order valence-electron chi connectivity index (χ2n) is 4.70. The van der Waals surface area contributed by atoms with Crippen LogP contribution in [-0.2, 0) is 6.54 Å². The Morgan fingerprint density at radius 1 is 1.35 bits per heavy atom. The molecule has 0 radical (unpaired) electrons. The van der Waals surface area contributed by atoms with E-state index in [0.29, 0.717) is 11.3 Å². The highest BCUT2D eigenvalue weighted by Gasteiger charge is 2.22. The molecule has 2 rings (SSSR count). The highest BCUT2D eigenvalue weighted by atomic mass is 79.9. The fourth-order valence-corrected chi connectivity index (χ4v) is 3.13. The monoisotopic (exact) mass is 316 g/mol. The summed E-state index contributed by atoms with van der Waals surface area (Å²) in [6.45, 7) is 1.88. The lowest BCUT2D eigenvalue weighted by molar-refractivity contribution is 0.348. The van der Waals surface area contributed by atoms with Crippen molar-refractivity contribution in [2.75, 3.05) is 6.54 Å². The number of halogens is 2. The van der Waals surface area contributed by atoms with Crippen molar-refractivity contribution in [3.63, 3.8) is 0 Å². The van der Waals surface area contributed by atoms with Gasteiger partial charge >= 0.3 is 0 Å². The van der Waals surface area contributed by atoms with Crippen LogP contribution in [0.1, 0.15) is 31.2 Å². The van der Waals surface area contributed by atoms with Crippen LogP contribution in [0.2, 0.25) is 0 Å². The number of aromatic nitrogens is 1. The van der Waals surface area contributed by atoms with E-state index in [-0.39, 0.29) is 0 Å². The molecule has 2 unspecified atom stereocenters. The standard InChI is InChI=1S/C13H18BrClN2/c14-12-5-10(7-17-9-12)6-16-8-11-3-1-2-4-13(11)15/h5,7,9,11,13,16H,1-4,6,8H2. The summed E-state index contributed by atoms with van der Waals surface area (Å²) in [5.41, 5.74) is 1.21. The first-order valence-electron chi connectivity index (χ1n) is 6.20. The van der Waals surface area contributed by atoms with Crippen molar-refractivity contribution in [2.24, 2.45) is 5.92 Å². The highest BCUT2D eigenvalue weighted by molar-refractivity contribution is 9.10. The zero-order valence-electron chi connectivity index (χ0n) is 9.83. The predicted molar refractivity (Wildman–Crippen MR) is 75.2 cm³/mol. The average molecular weight is 318 g/mol. The predicted octanol–water partition coefficient (Wildman–Crippen LogP) is 3.73. The molecule has 1 aromatic rings. The number of rotatable bonds is 4. The van der Waals surface area contributed by atoms with E-state index < -0.39 is 0 Å². The first-order chi connectivity index (χ1) is 8.25. The molecular formula is C13H18BrClN2. The van der Waals surface area contributed by atoms with Crippen LogP contribution < -0.4 is 5.32 Å². The SMILES string of the molecule is ClC1CCCCC1CNCc1cncc(Br)c1. The van der Waals surface area contributed by atoms with Crippen molar-refractivity contribution >= 4 is 27.5 Å². The van der Waals surface area contributed by atoms with Crippen LogP contribution in [0, 0.1) is 5.92 Å². The third-order valence-electron chi connectivity index (χ3n) is 3.31. The van der Waals surface area contributed by atoms with Gasteiger partial charge in [0.05, 0.1) is 0 Å². The summed E-state index contributed by atoms with van der Waals surface area (Å²) in [5, 5.41) is 3.84. The molecule has 94 valence electrons. The number of nitrogens with zero attached hydrogens (tertiary/aromatic N) is 1. The van der Waals surface area contributed by atoms with Crippen molar-refractivity contribution < 1.29 is 0 Å². The normalized spacial score (nSPS) is 24.8. The van der Waals surface area contributed by atoms with Crippen LogP contribution in [0.25, 0.3) is 0 Å². The lowest BCUT2D eigenvalue weighted by atomic mass is 9.89. The summed E-state index contributed by atoms with van der Waals surface area (Å²) in [6, 6.07) is 2.10. The molecule has 1 aromatic heterocycles. The molecule has 1 saturated carbocycles. The molecule has 1 aliphatic rings. The fourth-order valence-electron chi connectivity index (χ4n) is 2.35. The molecule has 2 nitrogen and oxygen atoms in total.